The van der Waals surface area contributed by atoms with Gasteiger partial charge in [0, 0.05) is 23.4 Å². The van der Waals surface area contributed by atoms with Gasteiger partial charge >= 0.3 is 0 Å². The Morgan fingerprint density at radius 3 is 2.48 bits per heavy atom. The third-order valence-corrected chi connectivity index (χ3v) is 11.2. The first-order chi connectivity index (χ1) is 12.8. The van der Waals surface area contributed by atoms with Crippen molar-refractivity contribution < 1.29 is 20.4 Å². The largest absolute Gasteiger partial charge is 0.393 e. The van der Waals surface area contributed by atoms with Crippen LogP contribution in [0.15, 0.2) is 0 Å². The predicted octanol–water partition coefficient (Wildman–Crippen LogP) is 0.988. The zero-order chi connectivity index (χ0) is 19.0. The Kier molecular flexibility index (Phi) is 3.21. The smallest absolute Gasteiger partial charge is 0.117 e. The monoisotopic (exact) mass is 377 g/mol. The van der Waals surface area contributed by atoms with Crippen molar-refractivity contribution in [1.82, 2.24) is 4.90 Å². The van der Waals surface area contributed by atoms with E-state index in [1.165, 1.54) is 0 Å². The number of rotatable bonds is 2. The average Bonchev–Trinajstić information content (AvgIpc) is 3.09. The molecule has 0 unspecified atom stereocenters. The van der Waals surface area contributed by atoms with Gasteiger partial charge in [-0.25, -0.2) is 0 Å². The molecule has 7 rings (SSSR count). The highest BCUT2D eigenvalue weighted by Gasteiger charge is 2.85. The molecule has 6 saturated carbocycles. The summed E-state index contributed by atoms with van der Waals surface area (Å²) in [5.74, 6) is 1.36. The molecule has 27 heavy (non-hydrogen) atoms. The number of nitrogens with zero attached hydrogens (tertiary/aromatic N) is 1. The topological polar surface area (TPSA) is 84.2 Å². The summed E-state index contributed by atoms with van der Waals surface area (Å²) in [6.45, 7) is 6.18. The summed E-state index contributed by atoms with van der Waals surface area (Å²) < 4.78 is 0. The summed E-state index contributed by atoms with van der Waals surface area (Å²) in [5.41, 5.74) is -1.42. The molecular weight excluding hydrogens is 342 g/mol. The summed E-state index contributed by atoms with van der Waals surface area (Å²) >= 11 is 0. The molecule has 1 saturated heterocycles. The lowest BCUT2D eigenvalue weighted by Crippen LogP contribution is -2.73. The van der Waals surface area contributed by atoms with E-state index in [1.807, 2.05) is 0 Å². The van der Waals surface area contributed by atoms with Gasteiger partial charge < -0.3 is 20.4 Å². The Bertz CT molecular complexity index is 687. The second-order valence-corrected chi connectivity index (χ2v) is 11.3. The lowest BCUT2D eigenvalue weighted by molar-refractivity contribution is -0.292. The van der Waals surface area contributed by atoms with Crippen molar-refractivity contribution in [2.45, 2.75) is 76.2 Å². The molecule has 7 aliphatic rings. The first-order valence-electron chi connectivity index (χ1n) is 11.2. The van der Waals surface area contributed by atoms with Crippen molar-refractivity contribution in [2.24, 2.45) is 39.9 Å². The van der Waals surface area contributed by atoms with Crippen molar-refractivity contribution >= 4 is 0 Å². The molecule has 6 aliphatic carbocycles. The summed E-state index contributed by atoms with van der Waals surface area (Å²) in [5, 5.41) is 43.7. The molecule has 1 aliphatic heterocycles. The highest BCUT2D eigenvalue weighted by molar-refractivity contribution is 5.34. The Balaban J connectivity index is 1.55. The van der Waals surface area contributed by atoms with Gasteiger partial charge in [0.1, 0.15) is 5.60 Å². The third kappa shape index (κ3) is 1.53. The molecule has 7 bridgehead atoms. The van der Waals surface area contributed by atoms with Crippen molar-refractivity contribution in [3.05, 3.63) is 0 Å². The van der Waals surface area contributed by atoms with Crippen LogP contribution in [0.25, 0.3) is 0 Å². The van der Waals surface area contributed by atoms with Gasteiger partial charge in [-0.2, -0.15) is 0 Å². The molecule has 4 N–H and O–H groups in total. The molecule has 7 fully saturated rings. The van der Waals surface area contributed by atoms with Crippen LogP contribution in [-0.2, 0) is 0 Å². The van der Waals surface area contributed by atoms with E-state index in [-0.39, 0.29) is 34.9 Å². The van der Waals surface area contributed by atoms with Crippen LogP contribution in [0.4, 0.5) is 0 Å². The number of fused-ring (bicyclic) bond motifs is 2. The summed E-state index contributed by atoms with van der Waals surface area (Å²) in [6.07, 6.45) is 4.86. The molecule has 152 valence electrons. The molecule has 11 atom stereocenters. The minimum Gasteiger partial charge on any atom is -0.393 e. The second-order valence-electron chi connectivity index (χ2n) is 11.3. The van der Waals surface area contributed by atoms with Gasteiger partial charge in [0.15, 0.2) is 0 Å². The van der Waals surface area contributed by atoms with Crippen LogP contribution >= 0.6 is 0 Å². The fourth-order valence-electron chi connectivity index (χ4n) is 10.4. The van der Waals surface area contributed by atoms with Crippen molar-refractivity contribution in [2.75, 3.05) is 19.7 Å². The van der Waals surface area contributed by atoms with E-state index in [0.717, 1.165) is 51.6 Å². The van der Waals surface area contributed by atoms with Gasteiger partial charge in [-0.15, -0.1) is 0 Å². The SMILES string of the molecule is CCN1C[C@]2(C)[C@H](O)CC[C@@]34[C@@H]5C[C@@H]6CC[C@]5([C@H](O)[C@]6(O)CO)[C@@H](C[C@H]23)[C@H]14. The maximum Gasteiger partial charge on any atom is 0.117 e. The summed E-state index contributed by atoms with van der Waals surface area (Å²) in [4.78, 5) is 2.63. The number of piperidine rings is 1. The summed E-state index contributed by atoms with van der Waals surface area (Å²) in [6, 6.07) is 0.479. The molecule has 5 nitrogen and oxygen atoms in total. The normalized spacial score (nSPS) is 66.2. The van der Waals surface area contributed by atoms with Gasteiger partial charge in [-0.05, 0) is 74.2 Å². The zero-order valence-electron chi connectivity index (χ0n) is 16.6. The van der Waals surface area contributed by atoms with Crippen molar-refractivity contribution in [3.63, 3.8) is 0 Å². The van der Waals surface area contributed by atoms with Crippen LogP contribution in [0.1, 0.15) is 52.4 Å². The Morgan fingerprint density at radius 1 is 1.04 bits per heavy atom. The van der Waals surface area contributed by atoms with Gasteiger partial charge in [0.2, 0.25) is 0 Å². The third-order valence-electron chi connectivity index (χ3n) is 11.2. The Labute approximate surface area is 161 Å². The summed E-state index contributed by atoms with van der Waals surface area (Å²) in [7, 11) is 0. The highest BCUT2D eigenvalue weighted by Crippen LogP contribution is 2.83. The quantitative estimate of drug-likeness (QED) is 0.577. The second kappa shape index (κ2) is 4.92. The molecule has 0 aromatic rings. The first-order valence-corrected chi connectivity index (χ1v) is 11.2. The number of hydrogen-bond acceptors (Lipinski definition) is 5. The van der Waals surface area contributed by atoms with E-state index in [9.17, 15) is 20.4 Å². The van der Waals surface area contributed by atoms with Crippen molar-refractivity contribution in [3.8, 4) is 0 Å². The maximum atomic E-state index is 11.5. The minimum absolute atomic E-state index is 0.00649. The van der Waals surface area contributed by atoms with Crippen molar-refractivity contribution in [1.29, 1.82) is 0 Å². The fraction of sp³-hybridized carbons (Fsp3) is 1.00. The fourth-order valence-corrected chi connectivity index (χ4v) is 10.4. The van der Waals surface area contributed by atoms with Crippen LogP contribution in [0.3, 0.4) is 0 Å². The van der Waals surface area contributed by atoms with Crippen LogP contribution < -0.4 is 0 Å². The number of aliphatic hydroxyl groups is 4. The van der Waals surface area contributed by atoms with Gasteiger partial charge in [-0.1, -0.05) is 13.8 Å². The molecule has 0 amide bonds. The Hall–Kier alpha value is -0.200. The lowest BCUT2D eigenvalue weighted by Gasteiger charge is -2.69. The van der Waals surface area contributed by atoms with Gasteiger partial charge in [0.25, 0.3) is 0 Å². The Morgan fingerprint density at radius 2 is 1.78 bits per heavy atom. The van der Waals surface area contributed by atoms with Crippen LogP contribution in [0.5, 0.6) is 0 Å². The van der Waals surface area contributed by atoms with E-state index in [2.05, 4.69) is 18.7 Å². The molecule has 1 heterocycles. The average molecular weight is 378 g/mol. The van der Waals surface area contributed by atoms with E-state index in [4.69, 9.17) is 0 Å². The minimum atomic E-state index is -1.32. The van der Waals surface area contributed by atoms with Gasteiger partial charge in [0.05, 0.1) is 18.8 Å². The van der Waals surface area contributed by atoms with Crippen LogP contribution in [0, 0.1) is 39.9 Å². The molecule has 2 spiro atoms. The maximum absolute atomic E-state index is 11.5. The molecule has 0 aromatic carbocycles. The van der Waals surface area contributed by atoms with E-state index in [0.29, 0.717) is 23.8 Å². The van der Waals surface area contributed by atoms with Crippen LogP contribution in [0.2, 0.25) is 0 Å². The first kappa shape index (κ1) is 17.6. The standard InChI is InChI=1S/C22H35NO4/c1-3-23-10-19(2)14-9-13-17(23)21(14,7-5-16(19)25)15-8-12-4-6-20(13,15)18(26)22(12,27)11-24/h12-18,24-27H,3-11H2,1-2H3/t12-,13-,14+,15+,16+,17-,18-,19-,20-,21-,22-/m0/s1. The van der Waals surface area contributed by atoms with Gasteiger partial charge in [-0.3, -0.25) is 4.90 Å². The van der Waals surface area contributed by atoms with Crippen LogP contribution in [-0.4, -0.2) is 68.9 Å². The predicted molar refractivity (Wildman–Crippen MR) is 99.7 cm³/mol. The number of hydrogen-bond donors (Lipinski definition) is 4. The number of likely N-dealkylation sites (tertiary alicyclic amines) is 1. The van der Waals surface area contributed by atoms with E-state index in [1.54, 1.807) is 0 Å². The number of aliphatic hydroxyl groups excluding tert-OH is 3. The molecular formula is C22H35NO4. The van der Waals surface area contributed by atoms with E-state index < -0.39 is 11.7 Å². The zero-order valence-corrected chi connectivity index (χ0v) is 16.6. The lowest BCUT2D eigenvalue weighted by atomic mass is 9.38. The molecule has 0 radical (unpaired) electrons. The highest BCUT2D eigenvalue weighted by atomic mass is 16.4. The molecule has 0 aromatic heterocycles. The van der Waals surface area contributed by atoms with E-state index >= 15 is 0 Å². The molecule has 5 heteroatoms.